The molecule has 2 aromatic rings. The van der Waals surface area contributed by atoms with Crippen LogP contribution in [0.5, 0.6) is 11.5 Å². The number of nitrogens with one attached hydrogen (secondary N) is 1. The van der Waals surface area contributed by atoms with E-state index in [-0.39, 0.29) is 6.04 Å². The van der Waals surface area contributed by atoms with Crippen LogP contribution < -0.4 is 14.8 Å². The standard InChI is InChI=1S/C18H23NO2/c1-12-9-10-16(18(21-5)13(12)2)17(19-3)14-7-6-8-15(11-14)20-4/h6-11,17,19H,1-5H3. The number of hydrogen-bond acceptors (Lipinski definition) is 3. The lowest BCUT2D eigenvalue weighted by Crippen LogP contribution is -2.19. The summed E-state index contributed by atoms with van der Waals surface area (Å²) in [5, 5.41) is 3.37. The zero-order chi connectivity index (χ0) is 15.4. The van der Waals surface area contributed by atoms with Crippen molar-refractivity contribution >= 4 is 0 Å². The molecule has 0 aromatic heterocycles. The Morgan fingerprint density at radius 3 is 2.38 bits per heavy atom. The molecule has 0 bridgehead atoms. The molecular weight excluding hydrogens is 262 g/mol. The Hall–Kier alpha value is -2.00. The van der Waals surface area contributed by atoms with Crippen molar-refractivity contribution in [1.29, 1.82) is 0 Å². The van der Waals surface area contributed by atoms with Crippen molar-refractivity contribution in [3.63, 3.8) is 0 Å². The van der Waals surface area contributed by atoms with Gasteiger partial charge in [0, 0.05) is 5.56 Å². The predicted octanol–water partition coefficient (Wildman–Crippen LogP) is 3.63. The molecule has 0 amide bonds. The maximum Gasteiger partial charge on any atom is 0.127 e. The molecular formula is C18H23NO2. The topological polar surface area (TPSA) is 30.5 Å². The van der Waals surface area contributed by atoms with Crippen LogP contribution in [0.3, 0.4) is 0 Å². The van der Waals surface area contributed by atoms with Gasteiger partial charge in [-0.3, -0.25) is 0 Å². The van der Waals surface area contributed by atoms with Gasteiger partial charge < -0.3 is 14.8 Å². The van der Waals surface area contributed by atoms with Crippen molar-refractivity contribution in [3.8, 4) is 11.5 Å². The third-order valence-electron chi connectivity index (χ3n) is 3.94. The second-order valence-electron chi connectivity index (χ2n) is 5.13. The van der Waals surface area contributed by atoms with Crippen LogP contribution in [-0.4, -0.2) is 21.3 Å². The molecule has 1 unspecified atom stereocenters. The van der Waals surface area contributed by atoms with E-state index < -0.39 is 0 Å². The molecule has 0 heterocycles. The Kier molecular flexibility index (Phi) is 4.86. The van der Waals surface area contributed by atoms with E-state index in [1.165, 1.54) is 11.1 Å². The molecule has 3 heteroatoms. The normalized spacial score (nSPS) is 12.0. The zero-order valence-corrected chi connectivity index (χ0v) is 13.4. The molecule has 0 saturated heterocycles. The first kappa shape index (κ1) is 15.4. The van der Waals surface area contributed by atoms with Gasteiger partial charge >= 0.3 is 0 Å². The summed E-state index contributed by atoms with van der Waals surface area (Å²) in [6.07, 6.45) is 0. The Morgan fingerprint density at radius 2 is 1.76 bits per heavy atom. The monoisotopic (exact) mass is 285 g/mol. The highest BCUT2D eigenvalue weighted by molar-refractivity contribution is 5.50. The van der Waals surface area contributed by atoms with E-state index in [0.717, 1.165) is 22.6 Å². The van der Waals surface area contributed by atoms with E-state index in [1.54, 1.807) is 14.2 Å². The van der Waals surface area contributed by atoms with Gasteiger partial charge in [-0.1, -0.05) is 24.3 Å². The molecule has 2 aromatic carbocycles. The summed E-state index contributed by atoms with van der Waals surface area (Å²) in [5.41, 5.74) is 4.70. The van der Waals surface area contributed by atoms with Gasteiger partial charge in [-0.15, -0.1) is 0 Å². The number of ether oxygens (including phenoxy) is 2. The third-order valence-corrected chi connectivity index (χ3v) is 3.94. The number of benzene rings is 2. The van der Waals surface area contributed by atoms with Gasteiger partial charge in [0.2, 0.25) is 0 Å². The van der Waals surface area contributed by atoms with Crippen molar-refractivity contribution in [2.45, 2.75) is 19.9 Å². The molecule has 0 saturated carbocycles. The lowest BCUT2D eigenvalue weighted by Gasteiger charge is -2.22. The molecule has 2 rings (SSSR count). The SMILES string of the molecule is CNC(c1cccc(OC)c1)c1ccc(C)c(C)c1OC. The number of hydrogen-bond donors (Lipinski definition) is 1. The Morgan fingerprint density at radius 1 is 1.00 bits per heavy atom. The van der Waals surface area contributed by atoms with Crippen LogP contribution in [0.15, 0.2) is 36.4 Å². The molecule has 21 heavy (non-hydrogen) atoms. The average molecular weight is 285 g/mol. The summed E-state index contributed by atoms with van der Waals surface area (Å²) in [7, 11) is 5.37. The fourth-order valence-corrected chi connectivity index (χ4v) is 2.63. The first-order valence-corrected chi connectivity index (χ1v) is 7.07. The lowest BCUT2D eigenvalue weighted by atomic mass is 9.94. The van der Waals surface area contributed by atoms with Crippen LogP contribution in [-0.2, 0) is 0 Å². The first-order valence-electron chi connectivity index (χ1n) is 7.07. The zero-order valence-electron chi connectivity index (χ0n) is 13.4. The molecule has 0 aliphatic carbocycles. The summed E-state index contributed by atoms with van der Waals surface area (Å²) in [6, 6.07) is 12.4. The molecule has 0 aliphatic heterocycles. The fraction of sp³-hybridized carbons (Fsp3) is 0.333. The minimum atomic E-state index is 0.0642. The summed E-state index contributed by atoms with van der Waals surface area (Å²) < 4.78 is 11.0. The molecule has 0 aliphatic rings. The number of aryl methyl sites for hydroxylation is 1. The van der Waals surface area contributed by atoms with Crippen molar-refractivity contribution in [2.75, 3.05) is 21.3 Å². The van der Waals surface area contributed by atoms with Crippen molar-refractivity contribution < 1.29 is 9.47 Å². The predicted molar refractivity (Wildman–Crippen MR) is 86.4 cm³/mol. The lowest BCUT2D eigenvalue weighted by molar-refractivity contribution is 0.401. The number of rotatable bonds is 5. The Balaban J connectivity index is 2.53. The molecule has 3 nitrogen and oxygen atoms in total. The van der Waals surface area contributed by atoms with Crippen molar-refractivity contribution in [1.82, 2.24) is 5.32 Å². The fourth-order valence-electron chi connectivity index (χ4n) is 2.63. The van der Waals surface area contributed by atoms with Gasteiger partial charge in [-0.25, -0.2) is 0 Å². The largest absolute Gasteiger partial charge is 0.497 e. The van der Waals surface area contributed by atoms with Crippen LogP contribution in [0.2, 0.25) is 0 Å². The first-order chi connectivity index (χ1) is 10.1. The van der Waals surface area contributed by atoms with Gasteiger partial charge in [0.15, 0.2) is 0 Å². The molecule has 112 valence electrons. The van der Waals surface area contributed by atoms with Crippen LogP contribution >= 0.6 is 0 Å². The minimum absolute atomic E-state index is 0.0642. The van der Waals surface area contributed by atoms with Crippen molar-refractivity contribution in [3.05, 3.63) is 58.7 Å². The van der Waals surface area contributed by atoms with Crippen LogP contribution in [0.1, 0.15) is 28.3 Å². The molecule has 1 N–H and O–H groups in total. The molecule has 0 radical (unpaired) electrons. The van der Waals surface area contributed by atoms with E-state index in [1.807, 2.05) is 19.2 Å². The minimum Gasteiger partial charge on any atom is -0.497 e. The van der Waals surface area contributed by atoms with Crippen LogP contribution in [0, 0.1) is 13.8 Å². The van der Waals surface area contributed by atoms with E-state index in [9.17, 15) is 0 Å². The summed E-state index contributed by atoms with van der Waals surface area (Å²) in [4.78, 5) is 0. The van der Waals surface area contributed by atoms with Gasteiger partial charge in [-0.05, 0) is 49.7 Å². The Bertz CT molecular complexity index is 623. The van der Waals surface area contributed by atoms with Gasteiger partial charge in [0.05, 0.1) is 20.3 Å². The van der Waals surface area contributed by atoms with Crippen LogP contribution in [0.25, 0.3) is 0 Å². The van der Waals surface area contributed by atoms with Gasteiger partial charge in [0.25, 0.3) is 0 Å². The highest BCUT2D eigenvalue weighted by Crippen LogP contribution is 2.34. The van der Waals surface area contributed by atoms with E-state index >= 15 is 0 Å². The molecule has 0 spiro atoms. The van der Waals surface area contributed by atoms with Crippen LogP contribution in [0.4, 0.5) is 0 Å². The van der Waals surface area contributed by atoms with E-state index in [2.05, 4.69) is 43.4 Å². The summed E-state index contributed by atoms with van der Waals surface area (Å²) >= 11 is 0. The second kappa shape index (κ2) is 6.64. The summed E-state index contributed by atoms with van der Waals surface area (Å²) in [6.45, 7) is 4.19. The molecule has 0 fully saturated rings. The van der Waals surface area contributed by atoms with Crippen molar-refractivity contribution in [2.24, 2.45) is 0 Å². The average Bonchev–Trinajstić information content (AvgIpc) is 2.52. The second-order valence-corrected chi connectivity index (χ2v) is 5.13. The quantitative estimate of drug-likeness (QED) is 0.910. The summed E-state index contributed by atoms with van der Waals surface area (Å²) in [5.74, 6) is 1.80. The van der Waals surface area contributed by atoms with E-state index in [4.69, 9.17) is 9.47 Å². The van der Waals surface area contributed by atoms with Gasteiger partial charge in [-0.2, -0.15) is 0 Å². The highest BCUT2D eigenvalue weighted by Gasteiger charge is 2.19. The highest BCUT2D eigenvalue weighted by atomic mass is 16.5. The Labute approximate surface area is 126 Å². The maximum atomic E-state index is 5.65. The molecule has 1 atom stereocenters. The van der Waals surface area contributed by atoms with E-state index in [0.29, 0.717) is 0 Å². The van der Waals surface area contributed by atoms with Gasteiger partial charge in [0.1, 0.15) is 11.5 Å². The smallest absolute Gasteiger partial charge is 0.127 e. The number of methoxy groups -OCH3 is 2. The third kappa shape index (κ3) is 3.03. The maximum absolute atomic E-state index is 5.65.